The Hall–Kier alpha value is -0.560. The van der Waals surface area contributed by atoms with Gasteiger partial charge in [0, 0.05) is 0 Å². The zero-order chi connectivity index (χ0) is 12.2. The summed E-state index contributed by atoms with van der Waals surface area (Å²) in [5, 5.41) is 8.83. The summed E-state index contributed by atoms with van der Waals surface area (Å²) < 4.78 is 0. The summed E-state index contributed by atoms with van der Waals surface area (Å²) in [4.78, 5) is 0. The van der Waals surface area contributed by atoms with Crippen LogP contribution in [0.15, 0.2) is 23.8 Å². The summed E-state index contributed by atoms with van der Waals surface area (Å²) in [6.45, 7) is 11.3. The lowest BCUT2D eigenvalue weighted by atomic mass is 9.65. The summed E-state index contributed by atoms with van der Waals surface area (Å²) in [5.41, 5.74) is 3.15. The Bertz CT molecular complexity index is 273. The summed E-state index contributed by atoms with van der Waals surface area (Å²) >= 11 is 0. The van der Waals surface area contributed by atoms with Gasteiger partial charge in [0.2, 0.25) is 0 Å². The Morgan fingerprint density at radius 3 is 2.81 bits per heavy atom. The molecule has 0 bridgehead atoms. The molecule has 1 N–H and O–H groups in total. The molecule has 0 amide bonds. The lowest BCUT2D eigenvalue weighted by Crippen LogP contribution is -2.29. The highest BCUT2D eigenvalue weighted by molar-refractivity contribution is 5.10. The van der Waals surface area contributed by atoms with Crippen molar-refractivity contribution in [2.75, 3.05) is 6.61 Å². The minimum absolute atomic E-state index is 0.167. The average Bonchev–Trinajstić information content (AvgIpc) is 2.16. The van der Waals surface area contributed by atoms with Crippen LogP contribution in [0.5, 0.6) is 0 Å². The van der Waals surface area contributed by atoms with E-state index < -0.39 is 0 Å². The number of aliphatic hydroxyl groups is 1. The van der Waals surface area contributed by atoms with Crippen molar-refractivity contribution in [1.82, 2.24) is 0 Å². The van der Waals surface area contributed by atoms with Crippen molar-refractivity contribution in [2.24, 2.45) is 11.3 Å². The molecule has 1 aliphatic rings. The van der Waals surface area contributed by atoms with Gasteiger partial charge in [0.1, 0.15) is 0 Å². The summed E-state index contributed by atoms with van der Waals surface area (Å²) in [6, 6.07) is 0. The van der Waals surface area contributed by atoms with E-state index in [1.165, 1.54) is 36.8 Å². The van der Waals surface area contributed by atoms with E-state index >= 15 is 0 Å². The maximum atomic E-state index is 8.83. The molecule has 0 spiro atoms. The molecule has 1 heteroatoms. The zero-order valence-electron chi connectivity index (χ0n) is 11.1. The Morgan fingerprint density at radius 1 is 1.56 bits per heavy atom. The molecule has 1 nitrogen and oxygen atoms in total. The van der Waals surface area contributed by atoms with Gasteiger partial charge < -0.3 is 5.11 Å². The summed E-state index contributed by atoms with van der Waals surface area (Å²) in [6.07, 6.45) is 8.02. The van der Waals surface area contributed by atoms with Crippen LogP contribution in [-0.2, 0) is 0 Å². The Labute approximate surface area is 100 Å². The Kier molecular flexibility index (Phi) is 4.79. The van der Waals surface area contributed by atoms with Crippen LogP contribution in [0.4, 0.5) is 0 Å². The van der Waals surface area contributed by atoms with E-state index in [9.17, 15) is 0 Å². The molecule has 92 valence electrons. The molecular weight excluding hydrogens is 196 g/mol. The molecule has 0 saturated heterocycles. The molecule has 1 unspecified atom stereocenters. The van der Waals surface area contributed by atoms with Crippen LogP contribution >= 0.6 is 0 Å². The molecule has 0 heterocycles. The number of hydrogen-bond donors (Lipinski definition) is 1. The first-order chi connectivity index (χ1) is 7.47. The highest BCUT2D eigenvalue weighted by Gasteiger charge is 2.33. The second kappa shape index (κ2) is 5.67. The van der Waals surface area contributed by atoms with Gasteiger partial charge in [0.25, 0.3) is 0 Å². The van der Waals surface area contributed by atoms with Gasteiger partial charge in [-0.15, -0.1) is 0 Å². The van der Waals surface area contributed by atoms with Gasteiger partial charge in [0.15, 0.2) is 0 Å². The normalized spacial score (nSPS) is 25.9. The van der Waals surface area contributed by atoms with Crippen LogP contribution in [0.1, 0.15) is 52.9 Å². The molecule has 0 aliphatic heterocycles. The average molecular weight is 222 g/mol. The van der Waals surface area contributed by atoms with E-state index in [2.05, 4.69) is 27.4 Å². The van der Waals surface area contributed by atoms with Crippen LogP contribution in [0.25, 0.3) is 0 Å². The van der Waals surface area contributed by atoms with Gasteiger partial charge >= 0.3 is 0 Å². The third kappa shape index (κ3) is 3.48. The highest BCUT2D eigenvalue weighted by atomic mass is 16.2. The van der Waals surface area contributed by atoms with Gasteiger partial charge in [-0.05, 0) is 50.4 Å². The standard InChI is InChI=1S/C15H26O/c1-12(9-11-16)7-8-14-13(2)6-5-10-15(14,3)4/h9,14,16H,2,5-8,10-11H2,1,3-4H3/b12-9+. The molecule has 0 aromatic heterocycles. The first-order valence-corrected chi connectivity index (χ1v) is 6.41. The lowest BCUT2D eigenvalue weighted by molar-refractivity contribution is 0.180. The predicted octanol–water partition coefficient (Wildman–Crippen LogP) is 4.09. The molecule has 1 rings (SSSR count). The van der Waals surface area contributed by atoms with E-state index in [-0.39, 0.29) is 6.61 Å². The van der Waals surface area contributed by atoms with Gasteiger partial charge in [-0.2, -0.15) is 0 Å². The van der Waals surface area contributed by atoms with E-state index in [1.54, 1.807) is 0 Å². The second-order valence-electron chi connectivity index (χ2n) is 5.82. The van der Waals surface area contributed by atoms with Gasteiger partial charge in [-0.3, -0.25) is 0 Å². The minimum Gasteiger partial charge on any atom is -0.392 e. The van der Waals surface area contributed by atoms with Crippen molar-refractivity contribution in [1.29, 1.82) is 0 Å². The maximum Gasteiger partial charge on any atom is 0.0614 e. The van der Waals surface area contributed by atoms with Crippen LogP contribution in [0, 0.1) is 11.3 Å². The molecule has 1 aliphatic carbocycles. The molecule has 1 atom stereocenters. The molecule has 1 fully saturated rings. The highest BCUT2D eigenvalue weighted by Crippen LogP contribution is 2.45. The quantitative estimate of drug-likeness (QED) is 0.710. The van der Waals surface area contributed by atoms with Gasteiger partial charge in [0.05, 0.1) is 6.61 Å². The summed E-state index contributed by atoms with van der Waals surface area (Å²) in [5.74, 6) is 0.656. The fourth-order valence-electron chi connectivity index (χ4n) is 2.90. The van der Waals surface area contributed by atoms with E-state index in [0.717, 1.165) is 6.42 Å². The zero-order valence-corrected chi connectivity index (χ0v) is 11.1. The van der Waals surface area contributed by atoms with E-state index in [1.807, 2.05) is 6.08 Å². The van der Waals surface area contributed by atoms with Crippen molar-refractivity contribution in [3.63, 3.8) is 0 Å². The molecule has 0 aromatic rings. The number of rotatable bonds is 4. The van der Waals surface area contributed by atoms with Crippen LogP contribution in [-0.4, -0.2) is 11.7 Å². The minimum atomic E-state index is 0.167. The molecule has 0 radical (unpaired) electrons. The predicted molar refractivity (Wildman–Crippen MR) is 70.3 cm³/mol. The lowest BCUT2D eigenvalue weighted by Gasteiger charge is -2.40. The van der Waals surface area contributed by atoms with Crippen LogP contribution < -0.4 is 0 Å². The third-order valence-corrected chi connectivity index (χ3v) is 4.02. The van der Waals surface area contributed by atoms with Gasteiger partial charge in [-0.1, -0.05) is 37.6 Å². The summed E-state index contributed by atoms with van der Waals surface area (Å²) in [7, 11) is 0. The molecule has 1 saturated carbocycles. The van der Waals surface area contributed by atoms with Gasteiger partial charge in [-0.25, -0.2) is 0 Å². The van der Waals surface area contributed by atoms with Crippen molar-refractivity contribution in [2.45, 2.75) is 52.9 Å². The van der Waals surface area contributed by atoms with Crippen molar-refractivity contribution >= 4 is 0 Å². The van der Waals surface area contributed by atoms with E-state index in [4.69, 9.17) is 5.11 Å². The Morgan fingerprint density at radius 2 is 2.25 bits per heavy atom. The monoisotopic (exact) mass is 222 g/mol. The maximum absolute atomic E-state index is 8.83. The molecule has 0 aromatic carbocycles. The number of hydrogen-bond acceptors (Lipinski definition) is 1. The topological polar surface area (TPSA) is 20.2 Å². The number of aliphatic hydroxyl groups excluding tert-OH is 1. The number of allylic oxidation sites excluding steroid dienone is 2. The van der Waals surface area contributed by atoms with Crippen molar-refractivity contribution in [3.8, 4) is 0 Å². The van der Waals surface area contributed by atoms with Crippen molar-refractivity contribution in [3.05, 3.63) is 23.8 Å². The van der Waals surface area contributed by atoms with Crippen LogP contribution in [0.3, 0.4) is 0 Å². The SMILES string of the molecule is C=C1CCCC(C)(C)C1CC/C(C)=C/CO. The largest absolute Gasteiger partial charge is 0.392 e. The smallest absolute Gasteiger partial charge is 0.0614 e. The first-order valence-electron chi connectivity index (χ1n) is 6.41. The third-order valence-electron chi connectivity index (χ3n) is 4.02. The van der Waals surface area contributed by atoms with Crippen molar-refractivity contribution < 1.29 is 5.11 Å². The second-order valence-corrected chi connectivity index (χ2v) is 5.82. The fourth-order valence-corrected chi connectivity index (χ4v) is 2.90. The fraction of sp³-hybridized carbons (Fsp3) is 0.733. The molecule has 16 heavy (non-hydrogen) atoms. The first kappa shape index (κ1) is 13.5. The van der Waals surface area contributed by atoms with Crippen LogP contribution in [0.2, 0.25) is 0 Å². The molecular formula is C15H26O. The van der Waals surface area contributed by atoms with E-state index in [0.29, 0.717) is 11.3 Å². The Balaban J connectivity index is 2.56.